The minimum absolute atomic E-state index is 0.0824. The molecule has 0 spiro atoms. The molecule has 0 atom stereocenters. The molecular formula is C13H10OS2. The van der Waals surface area contributed by atoms with Gasteiger partial charge in [0.05, 0.1) is 0 Å². The first kappa shape index (κ1) is 11.2. The van der Waals surface area contributed by atoms with E-state index in [1.807, 2.05) is 47.8 Å². The Morgan fingerprint density at radius 1 is 1.12 bits per heavy atom. The summed E-state index contributed by atoms with van der Waals surface area (Å²) >= 11 is 6.81. The molecule has 0 saturated heterocycles. The summed E-state index contributed by atoms with van der Waals surface area (Å²) in [6.45, 7) is 0. The topological polar surface area (TPSA) is 17.1 Å². The fourth-order valence-electron chi connectivity index (χ4n) is 1.40. The number of carbonyl (C=O) groups excluding carboxylic acids is 1. The van der Waals surface area contributed by atoms with Gasteiger partial charge in [-0.05, 0) is 11.4 Å². The van der Waals surface area contributed by atoms with E-state index in [4.69, 9.17) is 12.2 Å². The standard InChI is InChI=1S/C13H10OS2/c14-11(10-5-2-1-3-6-10)9-12(15)13-7-4-8-16-13/h1-8H,9H2. The fourth-order valence-corrected chi connectivity index (χ4v) is 2.40. The highest BCUT2D eigenvalue weighted by molar-refractivity contribution is 7.81. The first-order valence-electron chi connectivity index (χ1n) is 4.92. The van der Waals surface area contributed by atoms with Crippen LogP contribution >= 0.6 is 23.6 Å². The van der Waals surface area contributed by atoms with E-state index in [0.29, 0.717) is 6.42 Å². The van der Waals surface area contributed by atoms with Gasteiger partial charge in [0, 0.05) is 21.7 Å². The van der Waals surface area contributed by atoms with Crippen molar-refractivity contribution in [2.45, 2.75) is 6.42 Å². The zero-order valence-electron chi connectivity index (χ0n) is 8.55. The molecule has 0 unspecified atom stereocenters. The third-order valence-corrected chi connectivity index (χ3v) is 3.64. The molecule has 0 aliphatic heterocycles. The van der Waals surface area contributed by atoms with Crippen LogP contribution in [0.15, 0.2) is 47.8 Å². The number of Topliss-reactive ketones (excluding diaryl/α,β-unsaturated/α-hetero) is 1. The molecule has 0 saturated carbocycles. The van der Waals surface area contributed by atoms with Crippen LogP contribution in [0.1, 0.15) is 21.7 Å². The van der Waals surface area contributed by atoms with Gasteiger partial charge in [-0.25, -0.2) is 0 Å². The Bertz CT molecular complexity index is 486. The smallest absolute Gasteiger partial charge is 0.168 e. The lowest BCUT2D eigenvalue weighted by Crippen LogP contribution is -2.06. The van der Waals surface area contributed by atoms with Gasteiger partial charge in [0.1, 0.15) is 0 Å². The van der Waals surface area contributed by atoms with Crippen molar-refractivity contribution in [2.24, 2.45) is 0 Å². The second-order valence-electron chi connectivity index (χ2n) is 3.37. The molecule has 0 amide bonds. The molecule has 80 valence electrons. The summed E-state index contributed by atoms with van der Waals surface area (Å²) in [6, 6.07) is 13.2. The van der Waals surface area contributed by atoms with Gasteiger partial charge in [0.2, 0.25) is 0 Å². The number of benzene rings is 1. The summed E-state index contributed by atoms with van der Waals surface area (Å²) in [5.41, 5.74) is 0.724. The van der Waals surface area contributed by atoms with Crippen LogP contribution in [0, 0.1) is 0 Å². The first-order valence-corrected chi connectivity index (χ1v) is 6.21. The largest absolute Gasteiger partial charge is 0.294 e. The van der Waals surface area contributed by atoms with Crippen molar-refractivity contribution in [3.05, 3.63) is 58.3 Å². The van der Waals surface area contributed by atoms with Gasteiger partial charge in [0.25, 0.3) is 0 Å². The summed E-state index contributed by atoms with van der Waals surface area (Å²) < 4.78 is 0. The lowest BCUT2D eigenvalue weighted by Gasteiger charge is -2.00. The molecule has 1 heterocycles. The average Bonchev–Trinajstić information content (AvgIpc) is 2.83. The van der Waals surface area contributed by atoms with E-state index in [-0.39, 0.29) is 5.78 Å². The number of thiophene rings is 1. The molecule has 1 aromatic carbocycles. The minimum atomic E-state index is 0.0824. The van der Waals surface area contributed by atoms with Gasteiger partial charge in [0.15, 0.2) is 5.78 Å². The summed E-state index contributed by atoms with van der Waals surface area (Å²) in [7, 11) is 0. The molecule has 2 rings (SSSR count). The fraction of sp³-hybridized carbons (Fsp3) is 0.0769. The van der Waals surface area contributed by atoms with Crippen LogP contribution in [0.4, 0.5) is 0 Å². The maximum Gasteiger partial charge on any atom is 0.168 e. The lowest BCUT2D eigenvalue weighted by molar-refractivity contribution is 0.100. The van der Waals surface area contributed by atoms with Gasteiger partial charge < -0.3 is 0 Å². The highest BCUT2D eigenvalue weighted by Gasteiger charge is 2.10. The minimum Gasteiger partial charge on any atom is -0.294 e. The molecule has 0 bridgehead atoms. The van der Waals surface area contributed by atoms with Crippen LogP contribution in [0.5, 0.6) is 0 Å². The van der Waals surface area contributed by atoms with E-state index in [1.165, 1.54) is 0 Å². The van der Waals surface area contributed by atoms with Gasteiger partial charge in [-0.15, -0.1) is 11.3 Å². The Kier molecular flexibility index (Phi) is 3.59. The van der Waals surface area contributed by atoms with Crippen molar-refractivity contribution in [3.63, 3.8) is 0 Å². The highest BCUT2D eigenvalue weighted by atomic mass is 32.1. The lowest BCUT2D eigenvalue weighted by atomic mass is 10.1. The Labute approximate surface area is 104 Å². The number of ketones is 1. The molecule has 1 aromatic heterocycles. The quantitative estimate of drug-likeness (QED) is 0.604. The summed E-state index contributed by atoms with van der Waals surface area (Å²) in [6.07, 6.45) is 0.319. The number of carbonyl (C=O) groups is 1. The second kappa shape index (κ2) is 5.14. The van der Waals surface area contributed by atoms with E-state index in [9.17, 15) is 4.79 Å². The molecular weight excluding hydrogens is 236 g/mol. The van der Waals surface area contributed by atoms with E-state index in [0.717, 1.165) is 15.3 Å². The maximum atomic E-state index is 11.9. The van der Waals surface area contributed by atoms with Crippen LogP contribution in [0.2, 0.25) is 0 Å². The predicted molar refractivity (Wildman–Crippen MR) is 71.4 cm³/mol. The normalized spacial score (nSPS) is 10.0. The molecule has 2 aromatic rings. The third-order valence-electron chi connectivity index (χ3n) is 2.21. The van der Waals surface area contributed by atoms with Crippen molar-refractivity contribution in [3.8, 4) is 0 Å². The van der Waals surface area contributed by atoms with Crippen LogP contribution < -0.4 is 0 Å². The number of hydrogen-bond acceptors (Lipinski definition) is 3. The highest BCUT2D eigenvalue weighted by Crippen LogP contribution is 2.14. The predicted octanol–water partition coefficient (Wildman–Crippen LogP) is 3.74. The molecule has 16 heavy (non-hydrogen) atoms. The summed E-state index contributed by atoms with van der Waals surface area (Å²) in [5, 5.41) is 1.97. The van der Waals surface area contributed by atoms with Crippen molar-refractivity contribution in [1.82, 2.24) is 0 Å². The Morgan fingerprint density at radius 2 is 1.88 bits per heavy atom. The first-order chi connectivity index (χ1) is 7.77. The molecule has 1 nitrogen and oxygen atoms in total. The zero-order chi connectivity index (χ0) is 11.4. The monoisotopic (exact) mass is 246 g/mol. The van der Waals surface area contributed by atoms with Crippen LogP contribution in [-0.4, -0.2) is 10.6 Å². The molecule has 0 N–H and O–H groups in total. The van der Waals surface area contributed by atoms with Gasteiger partial charge in [-0.3, -0.25) is 4.79 Å². The molecule has 0 aliphatic rings. The molecule has 0 fully saturated rings. The Balaban J connectivity index is 2.06. The zero-order valence-corrected chi connectivity index (χ0v) is 10.2. The second-order valence-corrected chi connectivity index (χ2v) is 4.81. The molecule has 0 aliphatic carbocycles. The third kappa shape index (κ3) is 2.62. The van der Waals surface area contributed by atoms with Crippen molar-refractivity contribution < 1.29 is 4.79 Å². The van der Waals surface area contributed by atoms with E-state index < -0.39 is 0 Å². The summed E-state index contributed by atoms with van der Waals surface area (Å²) in [4.78, 5) is 13.6. The Hall–Kier alpha value is -1.32. The molecule has 3 heteroatoms. The Morgan fingerprint density at radius 3 is 2.50 bits per heavy atom. The number of thiocarbonyl (C=S) groups is 1. The van der Waals surface area contributed by atoms with E-state index in [1.54, 1.807) is 11.3 Å². The van der Waals surface area contributed by atoms with Crippen LogP contribution in [0.3, 0.4) is 0 Å². The van der Waals surface area contributed by atoms with Crippen molar-refractivity contribution >= 4 is 34.2 Å². The van der Waals surface area contributed by atoms with Crippen LogP contribution in [0.25, 0.3) is 0 Å². The number of hydrogen-bond donors (Lipinski definition) is 0. The molecule has 0 radical (unpaired) electrons. The summed E-state index contributed by atoms with van der Waals surface area (Å²) in [5.74, 6) is 0.0824. The van der Waals surface area contributed by atoms with Gasteiger partial charge in [-0.2, -0.15) is 0 Å². The van der Waals surface area contributed by atoms with Gasteiger partial charge in [-0.1, -0.05) is 48.6 Å². The van der Waals surface area contributed by atoms with E-state index >= 15 is 0 Å². The van der Waals surface area contributed by atoms with Crippen LogP contribution in [-0.2, 0) is 0 Å². The number of rotatable bonds is 4. The SMILES string of the molecule is O=C(CC(=S)c1cccs1)c1ccccc1. The van der Waals surface area contributed by atoms with E-state index in [2.05, 4.69) is 0 Å². The maximum absolute atomic E-state index is 11.9. The average molecular weight is 246 g/mol. The van der Waals surface area contributed by atoms with Crippen molar-refractivity contribution in [2.75, 3.05) is 0 Å². The van der Waals surface area contributed by atoms with Crippen molar-refractivity contribution in [1.29, 1.82) is 0 Å². The van der Waals surface area contributed by atoms with Gasteiger partial charge >= 0.3 is 0 Å².